The van der Waals surface area contributed by atoms with Crippen LogP contribution in [0.2, 0.25) is 0 Å². The molecule has 1 rings (SSSR count). The van der Waals surface area contributed by atoms with Gasteiger partial charge in [0.1, 0.15) is 0 Å². The molecule has 1 aliphatic rings. The van der Waals surface area contributed by atoms with E-state index in [9.17, 15) is 0 Å². The smallest absolute Gasteiger partial charge is 0.0477 e. The van der Waals surface area contributed by atoms with E-state index < -0.39 is 0 Å². The zero-order chi connectivity index (χ0) is 12.0. The van der Waals surface area contributed by atoms with Gasteiger partial charge in [-0.15, -0.1) is 0 Å². The Morgan fingerprint density at radius 2 is 2.06 bits per heavy atom. The van der Waals surface area contributed by atoms with E-state index in [0.29, 0.717) is 12.0 Å². The number of rotatable bonds is 7. The number of methoxy groups -OCH3 is 1. The normalized spacial score (nSPS) is 27.6. The van der Waals surface area contributed by atoms with Gasteiger partial charge in [0, 0.05) is 25.8 Å². The van der Waals surface area contributed by atoms with Crippen molar-refractivity contribution >= 4 is 0 Å². The molecule has 16 heavy (non-hydrogen) atoms. The highest BCUT2D eigenvalue weighted by atomic mass is 16.5. The SMILES string of the molecule is CCC1CCC(NC(CCOC)C(C)C)C1. The molecular weight excluding hydrogens is 198 g/mol. The van der Waals surface area contributed by atoms with Gasteiger partial charge in [-0.2, -0.15) is 0 Å². The molecule has 0 bridgehead atoms. The topological polar surface area (TPSA) is 21.3 Å². The van der Waals surface area contributed by atoms with Gasteiger partial charge in [-0.05, 0) is 37.5 Å². The van der Waals surface area contributed by atoms with Crippen molar-refractivity contribution in [2.24, 2.45) is 11.8 Å². The van der Waals surface area contributed by atoms with Gasteiger partial charge in [-0.1, -0.05) is 27.2 Å². The van der Waals surface area contributed by atoms with Crippen molar-refractivity contribution in [2.45, 2.75) is 65.0 Å². The van der Waals surface area contributed by atoms with Crippen LogP contribution in [0.4, 0.5) is 0 Å². The van der Waals surface area contributed by atoms with Crippen LogP contribution in [-0.4, -0.2) is 25.8 Å². The van der Waals surface area contributed by atoms with E-state index in [0.717, 1.165) is 25.0 Å². The van der Waals surface area contributed by atoms with Crippen LogP contribution in [0, 0.1) is 11.8 Å². The van der Waals surface area contributed by atoms with E-state index in [1.165, 1.54) is 25.7 Å². The quantitative estimate of drug-likeness (QED) is 0.721. The van der Waals surface area contributed by atoms with Crippen molar-refractivity contribution in [1.82, 2.24) is 5.32 Å². The van der Waals surface area contributed by atoms with Crippen LogP contribution >= 0.6 is 0 Å². The fraction of sp³-hybridized carbons (Fsp3) is 1.00. The molecule has 3 atom stereocenters. The lowest BCUT2D eigenvalue weighted by molar-refractivity contribution is 0.169. The van der Waals surface area contributed by atoms with Gasteiger partial charge in [0.05, 0.1) is 0 Å². The molecule has 0 aromatic rings. The molecular formula is C14H29NO. The van der Waals surface area contributed by atoms with Crippen LogP contribution in [0.5, 0.6) is 0 Å². The lowest BCUT2D eigenvalue weighted by Gasteiger charge is -2.26. The molecule has 0 aliphatic heterocycles. The summed E-state index contributed by atoms with van der Waals surface area (Å²) in [6, 6.07) is 1.38. The average Bonchev–Trinajstić information content (AvgIpc) is 2.71. The molecule has 0 spiro atoms. The first-order valence-corrected chi connectivity index (χ1v) is 6.92. The van der Waals surface area contributed by atoms with E-state index in [4.69, 9.17) is 4.74 Å². The first-order chi connectivity index (χ1) is 7.67. The third-order valence-electron chi connectivity index (χ3n) is 4.01. The maximum absolute atomic E-state index is 5.19. The lowest BCUT2D eigenvalue weighted by Crippen LogP contribution is -2.41. The fourth-order valence-electron chi connectivity index (χ4n) is 2.75. The second-order valence-corrected chi connectivity index (χ2v) is 5.58. The third kappa shape index (κ3) is 4.42. The fourth-order valence-corrected chi connectivity index (χ4v) is 2.75. The van der Waals surface area contributed by atoms with E-state index in [-0.39, 0.29) is 0 Å². The molecule has 0 amide bonds. The van der Waals surface area contributed by atoms with Crippen LogP contribution in [0.1, 0.15) is 52.9 Å². The van der Waals surface area contributed by atoms with Crippen molar-refractivity contribution in [3.05, 3.63) is 0 Å². The zero-order valence-corrected chi connectivity index (χ0v) is 11.5. The minimum absolute atomic E-state index is 0.626. The number of hydrogen-bond donors (Lipinski definition) is 1. The van der Waals surface area contributed by atoms with Gasteiger partial charge in [0.25, 0.3) is 0 Å². The maximum atomic E-state index is 5.19. The summed E-state index contributed by atoms with van der Waals surface area (Å²) < 4.78 is 5.19. The third-order valence-corrected chi connectivity index (χ3v) is 4.01. The van der Waals surface area contributed by atoms with Gasteiger partial charge < -0.3 is 10.1 Å². The van der Waals surface area contributed by atoms with Crippen molar-refractivity contribution < 1.29 is 4.74 Å². The summed E-state index contributed by atoms with van der Waals surface area (Å²) in [6.45, 7) is 7.80. The van der Waals surface area contributed by atoms with E-state index in [1.807, 2.05) is 0 Å². The number of hydrogen-bond acceptors (Lipinski definition) is 2. The highest BCUT2D eigenvalue weighted by Crippen LogP contribution is 2.28. The van der Waals surface area contributed by atoms with Crippen molar-refractivity contribution in [3.63, 3.8) is 0 Å². The second kappa shape index (κ2) is 7.29. The first kappa shape index (κ1) is 14.0. The maximum Gasteiger partial charge on any atom is 0.0477 e. The average molecular weight is 227 g/mol. The molecule has 96 valence electrons. The largest absolute Gasteiger partial charge is 0.385 e. The Morgan fingerprint density at radius 3 is 2.56 bits per heavy atom. The second-order valence-electron chi connectivity index (χ2n) is 5.58. The Morgan fingerprint density at radius 1 is 1.31 bits per heavy atom. The van der Waals surface area contributed by atoms with Crippen molar-refractivity contribution in [2.75, 3.05) is 13.7 Å². The molecule has 1 fully saturated rings. The molecule has 3 unspecified atom stereocenters. The predicted molar refractivity (Wildman–Crippen MR) is 69.7 cm³/mol. The molecule has 1 aliphatic carbocycles. The Kier molecular flexibility index (Phi) is 6.37. The summed E-state index contributed by atoms with van der Waals surface area (Å²) in [4.78, 5) is 0. The minimum Gasteiger partial charge on any atom is -0.385 e. The summed E-state index contributed by atoms with van der Waals surface area (Å²) in [6.07, 6.45) is 6.66. The highest BCUT2D eigenvalue weighted by Gasteiger charge is 2.26. The Labute approximate surface area is 101 Å². The number of nitrogens with one attached hydrogen (secondary N) is 1. The summed E-state index contributed by atoms with van der Waals surface area (Å²) in [5.74, 6) is 1.67. The van der Waals surface area contributed by atoms with Crippen LogP contribution < -0.4 is 5.32 Å². The van der Waals surface area contributed by atoms with Crippen LogP contribution in [-0.2, 0) is 4.74 Å². The van der Waals surface area contributed by atoms with Crippen LogP contribution in [0.15, 0.2) is 0 Å². The lowest BCUT2D eigenvalue weighted by atomic mass is 9.99. The zero-order valence-electron chi connectivity index (χ0n) is 11.5. The van der Waals surface area contributed by atoms with Crippen LogP contribution in [0.25, 0.3) is 0 Å². The predicted octanol–water partition coefficient (Wildman–Crippen LogP) is 3.22. The molecule has 1 N–H and O–H groups in total. The van der Waals surface area contributed by atoms with Gasteiger partial charge in [0.15, 0.2) is 0 Å². The molecule has 2 heteroatoms. The van der Waals surface area contributed by atoms with Gasteiger partial charge >= 0.3 is 0 Å². The van der Waals surface area contributed by atoms with Crippen LogP contribution in [0.3, 0.4) is 0 Å². The van der Waals surface area contributed by atoms with Gasteiger partial charge in [-0.25, -0.2) is 0 Å². The van der Waals surface area contributed by atoms with Gasteiger partial charge in [-0.3, -0.25) is 0 Å². The molecule has 2 nitrogen and oxygen atoms in total. The summed E-state index contributed by atoms with van der Waals surface area (Å²) >= 11 is 0. The monoisotopic (exact) mass is 227 g/mol. The minimum atomic E-state index is 0.626. The van der Waals surface area contributed by atoms with E-state index in [1.54, 1.807) is 7.11 Å². The summed E-state index contributed by atoms with van der Waals surface area (Å²) in [7, 11) is 1.79. The molecule has 0 aromatic carbocycles. The Hall–Kier alpha value is -0.0800. The standard InChI is InChI=1S/C14H29NO/c1-5-12-6-7-13(10-12)15-14(11(2)3)8-9-16-4/h11-15H,5-10H2,1-4H3. The first-order valence-electron chi connectivity index (χ1n) is 6.92. The molecule has 0 heterocycles. The number of ether oxygens (including phenoxy) is 1. The molecule has 0 aromatic heterocycles. The summed E-state index contributed by atoms with van der Waals surface area (Å²) in [5, 5.41) is 3.83. The molecule has 0 radical (unpaired) electrons. The molecule has 1 saturated carbocycles. The molecule has 0 saturated heterocycles. The van der Waals surface area contributed by atoms with Crippen molar-refractivity contribution in [1.29, 1.82) is 0 Å². The van der Waals surface area contributed by atoms with E-state index >= 15 is 0 Å². The van der Waals surface area contributed by atoms with E-state index in [2.05, 4.69) is 26.1 Å². The van der Waals surface area contributed by atoms with Gasteiger partial charge in [0.2, 0.25) is 0 Å². The highest BCUT2D eigenvalue weighted by molar-refractivity contribution is 4.84. The Balaban J connectivity index is 2.31. The Bertz CT molecular complexity index is 182. The van der Waals surface area contributed by atoms with Crippen molar-refractivity contribution in [3.8, 4) is 0 Å². The summed E-state index contributed by atoms with van der Waals surface area (Å²) in [5.41, 5.74) is 0.